The van der Waals surface area contributed by atoms with E-state index in [1.807, 2.05) is 29.3 Å². The molecular formula is C15H21ClN2O2. The van der Waals surface area contributed by atoms with E-state index in [0.717, 1.165) is 43.0 Å². The SMILES string of the molecule is O=C(CCN1CCCCO1)NCCc1ccccc1Cl. The van der Waals surface area contributed by atoms with Gasteiger partial charge < -0.3 is 5.32 Å². The minimum Gasteiger partial charge on any atom is -0.356 e. The van der Waals surface area contributed by atoms with E-state index in [0.29, 0.717) is 19.5 Å². The maximum atomic E-state index is 11.7. The maximum Gasteiger partial charge on any atom is 0.221 e. The molecule has 1 fully saturated rings. The lowest BCUT2D eigenvalue weighted by atomic mass is 10.1. The molecule has 1 saturated heterocycles. The first kappa shape index (κ1) is 15.3. The van der Waals surface area contributed by atoms with Crippen molar-refractivity contribution >= 4 is 17.5 Å². The van der Waals surface area contributed by atoms with Crippen molar-refractivity contribution in [3.8, 4) is 0 Å². The summed E-state index contributed by atoms with van der Waals surface area (Å²) in [6, 6.07) is 7.71. The Bertz CT molecular complexity index is 434. The number of hydrogen-bond acceptors (Lipinski definition) is 3. The van der Waals surface area contributed by atoms with Crippen LogP contribution in [0, 0.1) is 0 Å². The molecule has 110 valence electrons. The van der Waals surface area contributed by atoms with Crippen LogP contribution in [-0.4, -0.2) is 37.2 Å². The minimum absolute atomic E-state index is 0.0613. The Morgan fingerprint density at radius 3 is 2.95 bits per heavy atom. The number of hydroxylamine groups is 2. The molecule has 1 heterocycles. The molecule has 1 amide bonds. The molecule has 0 saturated carbocycles. The van der Waals surface area contributed by atoms with Gasteiger partial charge in [-0.15, -0.1) is 0 Å². The lowest BCUT2D eigenvalue weighted by Crippen LogP contribution is -2.34. The normalized spacial score (nSPS) is 16.1. The van der Waals surface area contributed by atoms with Crippen molar-refractivity contribution in [2.24, 2.45) is 0 Å². The fourth-order valence-corrected chi connectivity index (χ4v) is 2.41. The number of carbonyl (C=O) groups excluding carboxylic acids is 1. The highest BCUT2D eigenvalue weighted by Crippen LogP contribution is 2.14. The molecule has 0 aliphatic carbocycles. The Kier molecular flexibility index (Phi) is 6.30. The average Bonchev–Trinajstić information content (AvgIpc) is 2.48. The average molecular weight is 297 g/mol. The van der Waals surface area contributed by atoms with E-state index in [4.69, 9.17) is 16.4 Å². The molecule has 0 aromatic heterocycles. The summed E-state index contributed by atoms with van der Waals surface area (Å²) < 4.78 is 0. The summed E-state index contributed by atoms with van der Waals surface area (Å²) in [6.07, 6.45) is 3.49. The van der Waals surface area contributed by atoms with Crippen LogP contribution in [0.15, 0.2) is 24.3 Å². The lowest BCUT2D eigenvalue weighted by molar-refractivity contribution is -0.181. The zero-order valence-corrected chi connectivity index (χ0v) is 12.4. The van der Waals surface area contributed by atoms with E-state index < -0.39 is 0 Å². The second-order valence-electron chi connectivity index (χ2n) is 4.91. The van der Waals surface area contributed by atoms with Crippen molar-refractivity contribution in [1.29, 1.82) is 0 Å². The molecule has 0 unspecified atom stereocenters. The van der Waals surface area contributed by atoms with Gasteiger partial charge in [-0.1, -0.05) is 29.8 Å². The first-order valence-corrected chi connectivity index (χ1v) is 7.51. The number of carbonyl (C=O) groups is 1. The van der Waals surface area contributed by atoms with E-state index in [1.165, 1.54) is 0 Å². The van der Waals surface area contributed by atoms with E-state index in [-0.39, 0.29) is 5.91 Å². The molecule has 0 atom stereocenters. The molecule has 5 heteroatoms. The number of rotatable bonds is 6. The van der Waals surface area contributed by atoms with Crippen LogP contribution in [-0.2, 0) is 16.1 Å². The molecule has 20 heavy (non-hydrogen) atoms. The highest BCUT2D eigenvalue weighted by atomic mass is 35.5. The standard InChI is InChI=1S/C15H21ClN2O2/c16-14-6-2-1-5-13(14)7-9-17-15(19)8-11-18-10-3-4-12-20-18/h1-2,5-6H,3-4,7-12H2,(H,17,19). The van der Waals surface area contributed by atoms with Gasteiger partial charge in [0.05, 0.1) is 6.61 Å². The molecule has 0 spiro atoms. The Balaban J connectivity index is 1.61. The van der Waals surface area contributed by atoms with E-state index in [1.54, 1.807) is 0 Å². The molecule has 1 aliphatic rings. The van der Waals surface area contributed by atoms with Crippen molar-refractivity contribution in [1.82, 2.24) is 10.4 Å². The lowest BCUT2D eigenvalue weighted by Gasteiger charge is -2.25. The van der Waals surface area contributed by atoms with Gasteiger partial charge in [0, 0.05) is 31.1 Å². The van der Waals surface area contributed by atoms with Crippen molar-refractivity contribution in [3.63, 3.8) is 0 Å². The number of nitrogens with one attached hydrogen (secondary N) is 1. The van der Waals surface area contributed by atoms with Crippen LogP contribution < -0.4 is 5.32 Å². The van der Waals surface area contributed by atoms with Crippen LogP contribution in [0.25, 0.3) is 0 Å². The molecule has 0 radical (unpaired) electrons. The summed E-state index contributed by atoms with van der Waals surface area (Å²) in [6.45, 7) is 2.97. The van der Waals surface area contributed by atoms with Gasteiger partial charge in [-0.05, 0) is 30.9 Å². The number of nitrogens with zero attached hydrogens (tertiary/aromatic N) is 1. The van der Waals surface area contributed by atoms with Gasteiger partial charge in [0.2, 0.25) is 5.91 Å². The van der Waals surface area contributed by atoms with E-state index in [9.17, 15) is 4.79 Å². The maximum absolute atomic E-state index is 11.7. The summed E-state index contributed by atoms with van der Waals surface area (Å²) in [5.41, 5.74) is 1.06. The van der Waals surface area contributed by atoms with Gasteiger partial charge >= 0.3 is 0 Å². The van der Waals surface area contributed by atoms with Gasteiger partial charge in [-0.3, -0.25) is 9.63 Å². The first-order chi connectivity index (χ1) is 9.75. The molecule has 0 bridgehead atoms. The summed E-state index contributed by atoms with van der Waals surface area (Å²) in [5, 5.41) is 5.56. The van der Waals surface area contributed by atoms with E-state index in [2.05, 4.69) is 5.32 Å². The van der Waals surface area contributed by atoms with E-state index >= 15 is 0 Å². The first-order valence-electron chi connectivity index (χ1n) is 7.13. The fourth-order valence-electron chi connectivity index (χ4n) is 2.18. The predicted molar refractivity (Wildman–Crippen MR) is 79.5 cm³/mol. The van der Waals surface area contributed by atoms with Crippen LogP contribution in [0.5, 0.6) is 0 Å². The Labute approximate surface area is 125 Å². The smallest absolute Gasteiger partial charge is 0.221 e. The van der Waals surface area contributed by atoms with Crippen LogP contribution in [0.2, 0.25) is 5.02 Å². The molecule has 4 nitrogen and oxygen atoms in total. The summed E-state index contributed by atoms with van der Waals surface area (Å²) in [5.74, 6) is 0.0613. The molecule has 1 N–H and O–H groups in total. The Morgan fingerprint density at radius 2 is 2.20 bits per heavy atom. The van der Waals surface area contributed by atoms with Gasteiger partial charge in [-0.25, -0.2) is 0 Å². The molecular weight excluding hydrogens is 276 g/mol. The summed E-state index contributed by atoms with van der Waals surface area (Å²) in [7, 11) is 0. The molecule has 1 aliphatic heterocycles. The van der Waals surface area contributed by atoms with Crippen molar-refractivity contribution in [2.45, 2.75) is 25.7 Å². The van der Waals surface area contributed by atoms with Crippen LogP contribution in [0.3, 0.4) is 0 Å². The fraction of sp³-hybridized carbons (Fsp3) is 0.533. The Hall–Kier alpha value is -1.10. The monoisotopic (exact) mass is 296 g/mol. The van der Waals surface area contributed by atoms with Gasteiger partial charge in [0.1, 0.15) is 0 Å². The summed E-state index contributed by atoms with van der Waals surface area (Å²) >= 11 is 6.07. The Morgan fingerprint density at radius 1 is 1.35 bits per heavy atom. The van der Waals surface area contributed by atoms with Crippen LogP contribution in [0.4, 0.5) is 0 Å². The number of amides is 1. The number of hydrogen-bond donors (Lipinski definition) is 1. The number of benzene rings is 1. The third-order valence-electron chi connectivity index (χ3n) is 3.34. The molecule has 1 aromatic carbocycles. The zero-order chi connectivity index (χ0) is 14.2. The zero-order valence-electron chi connectivity index (χ0n) is 11.6. The minimum atomic E-state index is 0.0613. The van der Waals surface area contributed by atoms with Crippen molar-refractivity contribution < 1.29 is 9.63 Å². The topological polar surface area (TPSA) is 41.6 Å². The van der Waals surface area contributed by atoms with Crippen LogP contribution >= 0.6 is 11.6 Å². The van der Waals surface area contributed by atoms with Crippen molar-refractivity contribution in [2.75, 3.05) is 26.2 Å². The van der Waals surface area contributed by atoms with Gasteiger partial charge in [0.25, 0.3) is 0 Å². The van der Waals surface area contributed by atoms with Gasteiger partial charge in [0.15, 0.2) is 0 Å². The highest BCUT2D eigenvalue weighted by molar-refractivity contribution is 6.31. The third-order valence-corrected chi connectivity index (χ3v) is 3.71. The number of halogens is 1. The third kappa shape index (κ3) is 5.12. The molecule has 2 rings (SSSR count). The molecule has 1 aromatic rings. The summed E-state index contributed by atoms with van der Waals surface area (Å²) in [4.78, 5) is 17.2. The van der Waals surface area contributed by atoms with Crippen molar-refractivity contribution in [3.05, 3.63) is 34.9 Å². The quantitative estimate of drug-likeness (QED) is 0.876. The van der Waals surface area contributed by atoms with Crippen LogP contribution in [0.1, 0.15) is 24.8 Å². The predicted octanol–water partition coefficient (Wildman–Crippen LogP) is 2.42. The second-order valence-corrected chi connectivity index (χ2v) is 5.32. The highest BCUT2D eigenvalue weighted by Gasteiger charge is 2.12. The second kappa shape index (κ2) is 8.25. The van der Waals surface area contributed by atoms with Gasteiger partial charge in [-0.2, -0.15) is 5.06 Å². The largest absolute Gasteiger partial charge is 0.356 e.